The maximum Gasteiger partial charge on any atom is 0.255 e. The Morgan fingerprint density at radius 2 is 2.07 bits per heavy atom. The Kier molecular flexibility index (Phi) is 5.58. The predicted molar refractivity (Wildman–Crippen MR) is 113 cm³/mol. The number of amides is 1. The Balaban J connectivity index is 1.67. The van der Waals surface area contributed by atoms with Crippen LogP contribution in [0.1, 0.15) is 28.5 Å². The maximum atomic E-state index is 12.5. The molecule has 3 N–H and O–H groups in total. The monoisotopic (exact) mass is 409 g/mol. The number of benzene rings is 2. The molecule has 2 heterocycles. The first-order valence-corrected chi connectivity index (χ1v) is 9.66. The van der Waals surface area contributed by atoms with E-state index in [9.17, 15) is 9.90 Å². The minimum Gasteiger partial charge on any atom is -0.495 e. The van der Waals surface area contributed by atoms with E-state index in [0.717, 1.165) is 16.8 Å². The quantitative estimate of drug-likeness (QED) is 0.578. The molecule has 1 unspecified atom stereocenters. The zero-order valence-corrected chi connectivity index (χ0v) is 16.8. The second-order valence-corrected chi connectivity index (χ2v) is 6.97. The largest absolute Gasteiger partial charge is 0.495 e. The molecule has 4 rings (SSSR count). The van der Waals surface area contributed by atoms with E-state index in [1.54, 1.807) is 19.1 Å². The van der Waals surface area contributed by atoms with Crippen LogP contribution in [0.25, 0.3) is 23.1 Å². The Hall–Kier alpha value is -3.52. The van der Waals surface area contributed by atoms with E-state index < -0.39 is 6.10 Å². The predicted octanol–water partition coefficient (Wildman–Crippen LogP) is 2.62. The topological polar surface area (TPSA) is 106 Å². The van der Waals surface area contributed by atoms with Crippen molar-refractivity contribution in [2.45, 2.75) is 13.0 Å². The van der Waals surface area contributed by atoms with Gasteiger partial charge >= 0.3 is 0 Å². The summed E-state index contributed by atoms with van der Waals surface area (Å²) >= 11 is 0. The van der Waals surface area contributed by atoms with E-state index in [0.29, 0.717) is 41.4 Å². The molecule has 0 saturated heterocycles. The number of carbonyl (C=O) groups excluding carboxylic acids is 1. The van der Waals surface area contributed by atoms with Crippen molar-refractivity contribution < 1.29 is 24.1 Å². The van der Waals surface area contributed by atoms with E-state index in [-0.39, 0.29) is 12.5 Å². The molecule has 1 aliphatic rings. The van der Waals surface area contributed by atoms with Crippen LogP contribution < -0.4 is 19.5 Å². The van der Waals surface area contributed by atoms with Crippen LogP contribution in [0.3, 0.4) is 0 Å². The average Bonchev–Trinajstić information content (AvgIpc) is 3.18. The van der Waals surface area contributed by atoms with Crippen LogP contribution in [-0.2, 0) is 0 Å². The van der Waals surface area contributed by atoms with Gasteiger partial charge in [-0.1, -0.05) is 12.1 Å². The summed E-state index contributed by atoms with van der Waals surface area (Å²) in [5.41, 5.74) is 2.70. The van der Waals surface area contributed by atoms with E-state index in [1.165, 1.54) is 7.11 Å². The molecular weight excluding hydrogens is 386 g/mol. The van der Waals surface area contributed by atoms with Gasteiger partial charge in [0.2, 0.25) is 0 Å². The third kappa shape index (κ3) is 3.95. The summed E-state index contributed by atoms with van der Waals surface area (Å²) in [6, 6.07) is 9.17. The summed E-state index contributed by atoms with van der Waals surface area (Å²) in [4.78, 5) is 12.5. The Labute approximate surface area is 173 Å². The molecule has 1 atom stereocenters. The number of hydrogen-bond donors (Lipinski definition) is 3. The van der Waals surface area contributed by atoms with Gasteiger partial charge in [-0.05, 0) is 42.8 Å². The number of hydrogen-bond acceptors (Lipinski definition) is 6. The highest BCUT2D eigenvalue weighted by Gasteiger charge is 2.19. The number of aliphatic hydroxyl groups excluding tert-OH is 1. The molecule has 8 heteroatoms. The highest BCUT2D eigenvalue weighted by Crippen LogP contribution is 2.34. The van der Waals surface area contributed by atoms with Gasteiger partial charge < -0.3 is 24.6 Å². The van der Waals surface area contributed by atoms with Gasteiger partial charge in [0.05, 0.1) is 35.4 Å². The third-order valence-electron chi connectivity index (χ3n) is 4.72. The summed E-state index contributed by atoms with van der Waals surface area (Å²) in [7, 11) is 1.52. The molecule has 0 bridgehead atoms. The van der Waals surface area contributed by atoms with Crippen LogP contribution >= 0.6 is 0 Å². The van der Waals surface area contributed by atoms with Crippen LogP contribution in [0.15, 0.2) is 30.3 Å². The van der Waals surface area contributed by atoms with Crippen molar-refractivity contribution in [3.8, 4) is 17.2 Å². The van der Waals surface area contributed by atoms with Gasteiger partial charge in [-0.25, -0.2) is 0 Å². The molecule has 3 aromatic rings. The smallest absolute Gasteiger partial charge is 0.255 e. The number of carbonyl (C=O) groups is 1. The highest BCUT2D eigenvalue weighted by molar-refractivity contribution is 6.05. The molecule has 0 saturated carbocycles. The highest BCUT2D eigenvalue weighted by atomic mass is 16.6. The standard InChI is InChI=1S/C22H23N3O5/c1-13(26)12-23-22(27)15-5-7-17-20(21(15)28-2)16(24-25-17)6-3-14-4-8-18-19(11-14)30-10-9-29-18/h3-8,11,13,26H,9-10,12H2,1-2H3,(H,23,27)(H,24,25)/b6-3+. The van der Waals surface area contributed by atoms with Gasteiger partial charge in [0.15, 0.2) is 11.5 Å². The lowest BCUT2D eigenvalue weighted by Gasteiger charge is -2.18. The fourth-order valence-electron chi connectivity index (χ4n) is 3.29. The van der Waals surface area contributed by atoms with Crippen molar-refractivity contribution in [2.24, 2.45) is 0 Å². The number of H-pyrrole nitrogens is 1. The van der Waals surface area contributed by atoms with E-state index in [1.807, 2.05) is 30.4 Å². The third-order valence-corrected chi connectivity index (χ3v) is 4.72. The van der Waals surface area contributed by atoms with Crippen molar-refractivity contribution in [3.05, 3.63) is 47.2 Å². The molecule has 0 spiro atoms. The van der Waals surface area contributed by atoms with Gasteiger partial charge in [0, 0.05) is 6.54 Å². The SMILES string of the molecule is COc1c(C(=O)NCC(C)O)ccc2[nH]nc(/C=C/c3ccc4c(c3)OCCO4)c12. The van der Waals surface area contributed by atoms with Gasteiger partial charge in [0.1, 0.15) is 19.0 Å². The Morgan fingerprint density at radius 1 is 1.27 bits per heavy atom. The zero-order valence-electron chi connectivity index (χ0n) is 16.8. The number of rotatable bonds is 6. The molecule has 0 radical (unpaired) electrons. The summed E-state index contributed by atoms with van der Waals surface area (Å²) in [5, 5.41) is 20.1. The second kappa shape index (κ2) is 8.46. The lowest BCUT2D eigenvalue weighted by Crippen LogP contribution is -2.30. The van der Waals surface area contributed by atoms with Gasteiger partial charge in [-0.2, -0.15) is 5.10 Å². The van der Waals surface area contributed by atoms with Crippen LogP contribution in [-0.4, -0.2) is 54.2 Å². The number of fused-ring (bicyclic) bond motifs is 2. The lowest BCUT2D eigenvalue weighted by atomic mass is 10.1. The summed E-state index contributed by atoms with van der Waals surface area (Å²) in [5.74, 6) is 1.55. The van der Waals surface area contributed by atoms with Crippen molar-refractivity contribution in [2.75, 3.05) is 26.9 Å². The summed E-state index contributed by atoms with van der Waals surface area (Å²) in [6.07, 6.45) is 3.12. The maximum absolute atomic E-state index is 12.5. The number of ether oxygens (including phenoxy) is 3. The van der Waals surface area contributed by atoms with Gasteiger partial charge in [-0.15, -0.1) is 0 Å². The minimum atomic E-state index is -0.637. The molecule has 156 valence electrons. The molecule has 1 aliphatic heterocycles. The van der Waals surface area contributed by atoms with Crippen LogP contribution in [0.2, 0.25) is 0 Å². The normalized spacial score (nSPS) is 14.1. The Morgan fingerprint density at radius 3 is 2.83 bits per heavy atom. The molecule has 2 aromatic carbocycles. The first-order valence-electron chi connectivity index (χ1n) is 9.66. The molecule has 1 amide bonds. The first-order chi connectivity index (χ1) is 14.6. The number of aromatic amines is 1. The molecule has 8 nitrogen and oxygen atoms in total. The van der Waals surface area contributed by atoms with Crippen molar-refractivity contribution in [3.63, 3.8) is 0 Å². The van der Waals surface area contributed by atoms with E-state index in [2.05, 4.69) is 15.5 Å². The number of aliphatic hydroxyl groups is 1. The number of methoxy groups -OCH3 is 1. The van der Waals surface area contributed by atoms with Crippen molar-refractivity contribution in [1.82, 2.24) is 15.5 Å². The lowest BCUT2D eigenvalue weighted by molar-refractivity contribution is 0.0921. The second-order valence-electron chi connectivity index (χ2n) is 6.97. The van der Waals surface area contributed by atoms with E-state index in [4.69, 9.17) is 14.2 Å². The van der Waals surface area contributed by atoms with Gasteiger partial charge in [0.25, 0.3) is 5.91 Å². The summed E-state index contributed by atoms with van der Waals surface area (Å²) < 4.78 is 16.7. The minimum absolute atomic E-state index is 0.155. The first kappa shape index (κ1) is 19.8. The van der Waals surface area contributed by atoms with Crippen LogP contribution in [0, 0.1) is 0 Å². The zero-order chi connectivity index (χ0) is 21.1. The Bertz CT molecular complexity index is 1100. The number of nitrogens with zero attached hydrogens (tertiary/aromatic N) is 1. The molecule has 1 aromatic heterocycles. The number of nitrogens with one attached hydrogen (secondary N) is 2. The van der Waals surface area contributed by atoms with Crippen LogP contribution in [0.4, 0.5) is 0 Å². The van der Waals surface area contributed by atoms with Crippen LogP contribution in [0.5, 0.6) is 17.2 Å². The molecule has 0 aliphatic carbocycles. The fraction of sp³-hybridized carbons (Fsp3) is 0.273. The molecule has 30 heavy (non-hydrogen) atoms. The van der Waals surface area contributed by atoms with Gasteiger partial charge in [-0.3, -0.25) is 9.89 Å². The average molecular weight is 409 g/mol. The summed E-state index contributed by atoms with van der Waals surface area (Å²) in [6.45, 7) is 2.84. The molecule has 0 fully saturated rings. The van der Waals surface area contributed by atoms with E-state index >= 15 is 0 Å². The fourth-order valence-corrected chi connectivity index (χ4v) is 3.29. The van der Waals surface area contributed by atoms with Crippen molar-refractivity contribution >= 4 is 29.0 Å². The molecular formula is C22H23N3O5. The van der Waals surface area contributed by atoms with Crippen molar-refractivity contribution in [1.29, 1.82) is 0 Å². The number of aromatic nitrogens is 2.